The first-order valence-electron chi connectivity index (χ1n) is 27.2. The summed E-state index contributed by atoms with van der Waals surface area (Å²) < 4.78 is -1.32. The van der Waals surface area contributed by atoms with Gasteiger partial charge in [-0.15, -0.1) is 0 Å². The van der Waals surface area contributed by atoms with Crippen molar-refractivity contribution in [3.05, 3.63) is 150 Å². The molecule has 2 heterocycles. The number of benzene rings is 5. The summed E-state index contributed by atoms with van der Waals surface area (Å²) in [5.74, 6) is -7.79. The molecular formula is C60H72N10O10S2. The first-order valence-corrected chi connectivity index (χ1v) is 29.5. The molecule has 1 saturated heterocycles. The van der Waals surface area contributed by atoms with Crippen LogP contribution in [0.1, 0.15) is 62.8 Å². The molecule has 14 N–H and O–H groups in total. The number of carbonyl (C=O) groups excluding carboxylic acids is 7. The number of aromatic nitrogens is 1. The maximum Gasteiger partial charge on any atom is 0.326 e. The van der Waals surface area contributed by atoms with E-state index in [1.54, 1.807) is 76.4 Å². The van der Waals surface area contributed by atoms with E-state index < -0.39 is 106 Å². The van der Waals surface area contributed by atoms with Crippen molar-refractivity contribution in [1.29, 1.82) is 0 Å². The molecule has 20 nitrogen and oxygen atoms in total. The number of phenols is 1. The highest BCUT2D eigenvalue weighted by Gasteiger charge is 2.42. The number of carbonyl (C=O) groups is 8. The third-order valence-electron chi connectivity index (χ3n) is 14.2. The van der Waals surface area contributed by atoms with Crippen molar-refractivity contribution >= 4 is 90.6 Å². The summed E-state index contributed by atoms with van der Waals surface area (Å²) in [5, 5.41) is 42.5. The van der Waals surface area contributed by atoms with Crippen LogP contribution in [0.5, 0.6) is 5.75 Å². The van der Waals surface area contributed by atoms with Gasteiger partial charge in [-0.1, -0.05) is 139 Å². The summed E-state index contributed by atoms with van der Waals surface area (Å²) in [4.78, 5) is 119. The summed E-state index contributed by atoms with van der Waals surface area (Å²) in [6.07, 6.45) is 1.69. The molecule has 5 aromatic carbocycles. The Kier molecular flexibility index (Phi) is 21.6. The number of fused-ring (bicyclic) bond motifs is 2. The predicted molar refractivity (Wildman–Crippen MR) is 318 cm³/mol. The van der Waals surface area contributed by atoms with Crippen LogP contribution in [0.15, 0.2) is 128 Å². The number of nitrogens with two attached hydrogens (primary N) is 2. The smallest absolute Gasteiger partial charge is 0.326 e. The number of phenolic OH excluding ortho intramolecular Hbond substituents is 1. The van der Waals surface area contributed by atoms with Crippen molar-refractivity contribution in [3.63, 3.8) is 0 Å². The molecule has 1 aromatic heterocycles. The number of aliphatic carboxylic acids is 1. The fourth-order valence-electron chi connectivity index (χ4n) is 9.57. The molecule has 8 atom stereocenters. The predicted octanol–water partition coefficient (Wildman–Crippen LogP) is 3.67. The average molecular weight is 1160 g/mol. The number of rotatable bonds is 17. The number of aromatic amines is 1. The monoisotopic (exact) mass is 1160 g/mol. The number of carboxylic acids is 1. The maximum absolute atomic E-state index is 15.2. The SMILES string of the molecule is CC(C)[C@H](NC(=O)[C@@H]1CSSC(C)(C)[C@H](NC(=O)[C@@H](N)Cc2ccc3ccccc3c2)C(=O)N[C@@H](Cc2ccccc2)C(=O)N[C@H](Cc2c[nH]c3ccccc23)C(=O)N[C@@H](CCCN)C(=O)N[C@@H](Cc2ccc(O)cc2)C(=O)N1)C(=O)O. The minimum atomic E-state index is -1.47. The van der Waals surface area contributed by atoms with Gasteiger partial charge in [0.25, 0.3) is 0 Å². The summed E-state index contributed by atoms with van der Waals surface area (Å²) in [5.41, 5.74) is 15.9. The van der Waals surface area contributed by atoms with Crippen molar-refractivity contribution in [1.82, 2.24) is 42.2 Å². The van der Waals surface area contributed by atoms with Gasteiger partial charge in [-0.05, 0) is 96.8 Å². The molecule has 0 aliphatic carbocycles. The van der Waals surface area contributed by atoms with E-state index >= 15 is 9.59 Å². The number of nitrogens with one attached hydrogen (secondary N) is 8. The van der Waals surface area contributed by atoms with E-state index in [0.29, 0.717) is 16.7 Å². The molecule has 1 aliphatic rings. The normalized spacial score (nSPS) is 21.2. The molecule has 7 rings (SSSR count). The number of hydrogen-bond acceptors (Lipinski definition) is 13. The number of carboxylic acid groups (broad SMARTS) is 1. The van der Waals surface area contributed by atoms with Crippen molar-refractivity contribution in [2.75, 3.05) is 12.3 Å². The van der Waals surface area contributed by atoms with Crippen LogP contribution in [-0.2, 0) is 64.0 Å². The number of hydrogen-bond donors (Lipinski definition) is 12. The first-order chi connectivity index (χ1) is 39.2. The van der Waals surface area contributed by atoms with E-state index in [2.05, 4.69) is 42.2 Å². The third-order valence-corrected chi connectivity index (χ3v) is 17.5. The van der Waals surface area contributed by atoms with Crippen LogP contribution in [0.3, 0.4) is 0 Å². The summed E-state index contributed by atoms with van der Waals surface area (Å²) in [6.45, 7) is 6.66. The van der Waals surface area contributed by atoms with E-state index in [1.165, 1.54) is 12.1 Å². The summed E-state index contributed by atoms with van der Waals surface area (Å²) in [7, 11) is 2.10. The van der Waals surface area contributed by atoms with E-state index in [-0.39, 0.29) is 56.6 Å². The fourth-order valence-corrected chi connectivity index (χ4v) is 12.4. The zero-order chi connectivity index (χ0) is 59.1. The number of amides is 7. The lowest BCUT2D eigenvalue weighted by molar-refractivity contribution is -0.143. The van der Waals surface area contributed by atoms with Crippen LogP contribution in [0.2, 0.25) is 0 Å². The Balaban J connectivity index is 1.31. The number of aromatic hydroxyl groups is 1. The third kappa shape index (κ3) is 16.8. The summed E-state index contributed by atoms with van der Waals surface area (Å²) in [6, 6.07) is 24.6. The Morgan fingerprint density at radius 2 is 1.24 bits per heavy atom. The molecular weight excluding hydrogens is 1080 g/mol. The minimum absolute atomic E-state index is 0.0124. The summed E-state index contributed by atoms with van der Waals surface area (Å²) >= 11 is 0. The van der Waals surface area contributed by atoms with Gasteiger partial charge in [-0.25, -0.2) is 4.79 Å². The molecule has 1 fully saturated rings. The highest BCUT2D eigenvalue weighted by Crippen LogP contribution is 2.39. The standard InChI is InChI=1S/C60H72N10O10S2/c1-34(2)50(59(79)80)69-57(77)49-33-81-82-60(3,4)51(70-52(72)43(62)28-37-20-23-38-15-8-9-16-39(38)27-37)58(78)67-47(29-35-13-6-5-7-14-35)54(74)66-48(31-40-32-63-44-18-11-10-17-42(40)44)56(76)64-45(19-12-26-61)53(73)65-46(55(75)68-49)30-36-21-24-41(71)25-22-36/h5-11,13-18,20-25,27,32,34,43,45-51,63,71H,12,19,26,28-31,33,61-62H2,1-4H3,(H,64,76)(H,65,73)(H,66,74)(H,67,78)(H,68,75)(H,69,77)(H,70,72)(H,79,80)/t43-,45-,46-,47-,48+,49-,50-,51+/m0/s1. The number of para-hydroxylation sites is 1. The first kappa shape index (κ1) is 61.7. The van der Waals surface area contributed by atoms with Gasteiger partial charge in [-0.3, -0.25) is 33.6 Å². The Labute approximate surface area is 483 Å². The second kappa shape index (κ2) is 28.7. The van der Waals surface area contributed by atoms with E-state index in [0.717, 1.165) is 48.8 Å². The van der Waals surface area contributed by atoms with Gasteiger partial charge in [0.2, 0.25) is 41.4 Å². The molecule has 0 saturated carbocycles. The molecule has 1 aliphatic heterocycles. The van der Waals surface area contributed by atoms with Gasteiger partial charge in [0, 0.05) is 46.9 Å². The van der Waals surface area contributed by atoms with Crippen molar-refractivity contribution in [3.8, 4) is 5.75 Å². The largest absolute Gasteiger partial charge is 0.508 e. The van der Waals surface area contributed by atoms with E-state index in [4.69, 9.17) is 11.5 Å². The highest BCUT2D eigenvalue weighted by molar-refractivity contribution is 8.77. The molecule has 0 bridgehead atoms. The molecule has 7 amide bonds. The van der Waals surface area contributed by atoms with Crippen LogP contribution in [-0.4, -0.2) is 128 Å². The molecule has 6 aromatic rings. The van der Waals surface area contributed by atoms with Crippen molar-refractivity contribution in [2.45, 2.75) is 119 Å². The van der Waals surface area contributed by atoms with Crippen LogP contribution >= 0.6 is 21.6 Å². The highest BCUT2D eigenvalue weighted by atomic mass is 33.1. The van der Waals surface area contributed by atoms with Gasteiger partial charge in [0.05, 0.1) is 6.04 Å². The quantitative estimate of drug-likeness (QED) is 0.0580. The average Bonchev–Trinajstić information content (AvgIpc) is 3.95. The van der Waals surface area contributed by atoms with Crippen LogP contribution in [0.4, 0.5) is 0 Å². The molecule has 82 heavy (non-hydrogen) atoms. The Morgan fingerprint density at radius 1 is 0.683 bits per heavy atom. The van der Waals surface area contributed by atoms with Crippen LogP contribution in [0, 0.1) is 5.92 Å². The molecule has 0 unspecified atom stereocenters. The van der Waals surface area contributed by atoms with Gasteiger partial charge in [0.15, 0.2) is 0 Å². The van der Waals surface area contributed by atoms with E-state index in [9.17, 15) is 39.0 Å². The lowest BCUT2D eigenvalue weighted by Crippen LogP contribution is -2.63. The molecule has 22 heteroatoms. The van der Waals surface area contributed by atoms with Crippen LogP contribution < -0.4 is 48.7 Å². The minimum Gasteiger partial charge on any atom is -0.508 e. The van der Waals surface area contributed by atoms with Gasteiger partial charge in [0.1, 0.15) is 48.0 Å². The van der Waals surface area contributed by atoms with Gasteiger partial charge in [-0.2, -0.15) is 0 Å². The van der Waals surface area contributed by atoms with Crippen LogP contribution in [0.25, 0.3) is 21.7 Å². The van der Waals surface area contributed by atoms with Crippen molar-refractivity contribution < 1.29 is 48.6 Å². The molecule has 0 radical (unpaired) electrons. The van der Waals surface area contributed by atoms with E-state index in [1.807, 2.05) is 66.7 Å². The van der Waals surface area contributed by atoms with Gasteiger partial charge < -0.3 is 63.9 Å². The fraction of sp³-hybridized carbons (Fsp3) is 0.367. The second-order valence-corrected chi connectivity index (χ2v) is 24.3. The Hall–Kier alpha value is -7.92. The lowest BCUT2D eigenvalue weighted by Gasteiger charge is -2.35. The number of H-pyrrole nitrogens is 1. The lowest BCUT2D eigenvalue weighted by atomic mass is 9.98. The second-order valence-electron chi connectivity index (χ2n) is 21.3. The molecule has 0 spiro atoms. The topological polar surface area (TPSA) is 329 Å². The Morgan fingerprint density at radius 3 is 1.90 bits per heavy atom. The Bertz CT molecular complexity index is 3230. The zero-order valence-electron chi connectivity index (χ0n) is 46.1. The maximum atomic E-state index is 15.2. The van der Waals surface area contributed by atoms with Crippen molar-refractivity contribution in [2.24, 2.45) is 17.4 Å². The zero-order valence-corrected chi connectivity index (χ0v) is 47.7. The van der Waals surface area contributed by atoms with Gasteiger partial charge >= 0.3 is 5.97 Å². The molecule has 434 valence electrons.